The van der Waals surface area contributed by atoms with Crippen LogP contribution in [0.3, 0.4) is 0 Å². The van der Waals surface area contributed by atoms with Gasteiger partial charge in [-0.3, -0.25) is 0 Å². The van der Waals surface area contributed by atoms with E-state index < -0.39 is 0 Å². The lowest BCUT2D eigenvalue weighted by atomic mass is 10.0. The Morgan fingerprint density at radius 2 is 0.543 bits per heavy atom. The maximum Gasteiger partial charge on any atom is 0.0558 e. The molecule has 0 bridgehead atoms. The first kappa shape index (κ1) is 34.9. The Morgan fingerprint density at radius 1 is 0.314 bits per heavy atom. The molecular weight excluding hydrogens is 426 g/mol. The summed E-state index contributed by atoms with van der Waals surface area (Å²) in [6.07, 6.45) is 38.4. The van der Waals surface area contributed by atoms with Crippen LogP contribution in [0.4, 0.5) is 0 Å². The molecule has 0 aromatic heterocycles. The van der Waals surface area contributed by atoms with Gasteiger partial charge in [0, 0.05) is 6.54 Å². The minimum atomic E-state index is 0.317. The molecule has 0 saturated carbocycles. The van der Waals surface area contributed by atoms with Crippen LogP contribution in [0.2, 0.25) is 0 Å². The Hall–Kier alpha value is -0.0800. The Morgan fingerprint density at radius 3 is 0.771 bits per heavy atom. The average Bonchev–Trinajstić information content (AvgIpc) is 2.87. The summed E-state index contributed by atoms with van der Waals surface area (Å²) in [4.78, 5) is 2.51. The van der Waals surface area contributed by atoms with Crippen LogP contribution in [0.5, 0.6) is 0 Å². The van der Waals surface area contributed by atoms with Crippen molar-refractivity contribution in [2.75, 3.05) is 26.2 Å². The smallest absolute Gasteiger partial charge is 0.0558 e. The van der Waals surface area contributed by atoms with Crippen LogP contribution in [0.25, 0.3) is 0 Å². The van der Waals surface area contributed by atoms with Crippen molar-refractivity contribution in [3.05, 3.63) is 0 Å². The van der Waals surface area contributed by atoms with Gasteiger partial charge >= 0.3 is 0 Å². The monoisotopic (exact) mass is 496 g/mol. The third-order valence-corrected chi connectivity index (χ3v) is 7.82. The minimum absolute atomic E-state index is 0.317. The highest BCUT2D eigenvalue weighted by Crippen LogP contribution is 2.14. The second-order valence-corrected chi connectivity index (χ2v) is 11.4. The molecule has 0 spiro atoms. The highest BCUT2D eigenvalue weighted by molar-refractivity contribution is 4.59. The molecule has 0 aliphatic rings. The van der Waals surface area contributed by atoms with Crippen molar-refractivity contribution in [1.29, 1.82) is 0 Å². The van der Waals surface area contributed by atoms with Crippen LogP contribution < -0.4 is 0 Å². The fourth-order valence-corrected chi connectivity index (χ4v) is 5.36. The van der Waals surface area contributed by atoms with E-state index in [9.17, 15) is 5.11 Å². The Balaban J connectivity index is 3.37. The van der Waals surface area contributed by atoms with Crippen molar-refractivity contribution < 1.29 is 5.11 Å². The molecule has 0 unspecified atom stereocenters. The van der Waals surface area contributed by atoms with Gasteiger partial charge in [0.15, 0.2) is 0 Å². The number of unbranched alkanes of at least 4 members (excludes halogenated alkanes) is 25. The molecule has 35 heavy (non-hydrogen) atoms. The number of aliphatic hydroxyl groups excluding tert-OH is 1. The van der Waals surface area contributed by atoms with Gasteiger partial charge in [-0.1, -0.05) is 174 Å². The third-order valence-electron chi connectivity index (χ3n) is 7.82. The lowest BCUT2D eigenvalue weighted by Gasteiger charge is -2.21. The van der Waals surface area contributed by atoms with Crippen LogP contribution in [0.1, 0.15) is 187 Å². The van der Waals surface area contributed by atoms with Gasteiger partial charge in [0.05, 0.1) is 6.61 Å². The summed E-state index contributed by atoms with van der Waals surface area (Å²) >= 11 is 0. The predicted octanol–water partition coefficient (Wildman–Crippen LogP) is 10.9. The summed E-state index contributed by atoms with van der Waals surface area (Å²) in [5.41, 5.74) is 0. The van der Waals surface area contributed by atoms with Crippen molar-refractivity contribution in [3.63, 3.8) is 0 Å². The molecule has 0 atom stereocenters. The van der Waals surface area contributed by atoms with Crippen LogP contribution in [0, 0.1) is 0 Å². The molecule has 0 amide bonds. The van der Waals surface area contributed by atoms with Crippen LogP contribution >= 0.6 is 0 Å². The fraction of sp³-hybridized carbons (Fsp3) is 1.00. The van der Waals surface area contributed by atoms with Gasteiger partial charge in [-0.05, 0) is 25.9 Å². The van der Waals surface area contributed by atoms with E-state index >= 15 is 0 Å². The molecule has 0 rings (SSSR count). The van der Waals surface area contributed by atoms with E-state index in [-0.39, 0.29) is 0 Å². The zero-order valence-corrected chi connectivity index (χ0v) is 24.8. The summed E-state index contributed by atoms with van der Waals surface area (Å²) in [6.45, 7) is 8.17. The number of hydrogen-bond acceptors (Lipinski definition) is 2. The van der Waals surface area contributed by atoms with Crippen molar-refractivity contribution in [2.45, 2.75) is 187 Å². The maximum absolute atomic E-state index is 9.41. The number of nitrogens with zero attached hydrogens (tertiary/aromatic N) is 1. The largest absolute Gasteiger partial charge is 0.395 e. The number of hydrogen-bond donors (Lipinski definition) is 1. The van der Waals surface area contributed by atoms with Crippen molar-refractivity contribution >= 4 is 0 Å². The van der Waals surface area contributed by atoms with Gasteiger partial charge < -0.3 is 10.0 Å². The molecule has 2 nitrogen and oxygen atoms in total. The van der Waals surface area contributed by atoms with Crippen LogP contribution in [-0.2, 0) is 0 Å². The van der Waals surface area contributed by atoms with E-state index in [0.717, 1.165) is 6.54 Å². The highest BCUT2D eigenvalue weighted by Gasteiger charge is 2.04. The van der Waals surface area contributed by atoms with E-state index in [0.29, 0.717) is 6.61 Å². The lowest BCUT2D eigenvalue weighted by Crippen LogP contribution is -2.29. The molecule has 2 heteroatoms. The summed E-state index contributed by atoms with van der Waals surface area (Å²) in [6, 6.07) is 0. The Bertz CT molecular complexity index is 359. The predicted molar refractivity (Wildman–Crippen MR) is 160 cm³/mol. The molecule has 0 aromatic carbocycles. The van der Waals surface area contributed by atoms with E-state index in [1.165, 1.54) is 186 Å². The zero-order valence-electron chi connectivity index (χ0n) is 24.8. The first-order valence-corrected chi connectivity index (χ1v) is 16.7. The maximum atomic E-state index is 9.41. The Kier molecular flexibility index (Phi) is 31.9. The molecule has 1 N–H and O–H groups in total. The fourth-order valence-electron chi connectivity index (χ4n) is 5.36. The standard InChI is InChI=1S/C33H69NO/c1-3-5-7-9-11-13-15-17-19-21-23-25-27-29-31-34(32-33-35)30-28-26-24-22-20-18-16-14-12-10-8-6-4-2/h35H,3-33H2,1-2H3. The molecule has 212 valence electrons. The van der Waals surface area contributed by atoms with Gasteiger partial charge in [0.1, 0.15) is 0 Å². The second-order valence-electron chi connectivity index (χ2n) is 11.4. The third kappa shape index (κ3) is 30.0. The van der Waals surface area contributed by atoms with Gasteiger partial charge in [-0.25, -0.2) is 0 Å². The van der Waals surface area contributed by atoms with Crippen LogP contribution in [0.15, 0.2) is 0 Å². The first-order chi connectivity index (χ1) is 17.3. The number of aliphatic hydroxyl groups is 1. The summed E-state index contributed by atoms with van der Waals surface area (Å²) in [7, 11) is 0. The SMILES string of the molecule is CCCCCCCCCCCCCCCCN(CCO)CCCCCCCCCCCCCCC. The second kappa shape index (κ2) is 31.9. The zero-order chi connectivity index (χ0) is 25.5. The highest BCUT2D eigenvalue weighted by atomic mass is 16.3. The van der Waals surface area contributed by atoms with Crippen molar-refractivity contribution in [1.82, 2.24) is 4.90 Å². The van der Waals surface area contributed by atoms with Crippen molar-refractivity contribution in [3.8, 4) is 0 Å². The average molecular weight is 496 g/mol. The van der Waals surface area contributed by atoms with E-state index in [1.807, 2.05) is 0 Å². The summed E-state index contributed by atoms with van der Waals surface area (Å²) in [5, 5.41) is 9.41. The van der Waals surface area contributed by atoms with Gasteiger partial charge in [0.25, 0.3) is 0 Å². The molecule has 0 heterocycles. The minimum Gasteiger partial charge on any atom is -0.395 e. The molecular formula is C33H69NO. The lowest BCUT2D eigenvalue weighted by molar-refractivity contribution is 0.190. The molecule has 0 aliphatic heterocycles. The Labute approximate surface area is 223 Å². The summed E-state index contributed by atoms with van der Waals surface area (Å²) in [5.74, 6) is 0. The van der Waals surface area contributed by atoms with E-state index in [1.54, 1.807) is 0 Å². The first-order valence-electron chi connectivity index (χ1n) is 16.7. The molecule has 0 radical (unpaired) electrons. The van der Waals surface area contributed by atoms with Gasteiger partial charge in [-0.2, -0.15) is 0 Å². The van der Waals surface area contributed by atoms with E-state index in [4.69, 9.17) is 0 Å². The quantitative estimate of drug-likeness (QED) is 0.0966. The van der Waals surface area contributed by atoms with Crippen LogP contribution in [-0.4, -0.2) is 36.2 Å². The molecule has 0 saturated heterocycles. The molecule has 0 aliphatic carbocycles. The molecule has 0 fully saturated rings. The van der Waals surface area contributed by atoms with Gasteiger partial charge in [0.2, 0.25) is 0 Å². The molecule has 0 aromatic rings. The van der Waals surface area contributed by atoms with Gasteiger partial charge in [-0.15, -0.1) is 0 Å². The van der Waals surface area contributed by atoms with Crippen molar-refractivity contribution in [2.24, 2.45) is 0 Å². The van der Waals surface area contributed by atoms with E-state index in [2.05, 4.69) is 18.7 Å². The normalized spacial score (nSPS) is 11.7. The summed E-state index contributed by atoms with van der Waals surface area (Å²) < 4.78 is 0. The number of rotatable bonds is 31. The topological polar surface area (TPSA) is 23.5 Å².